The molecule has 0 saturated carbocycles. The highest BCUT2D eigenvalue weighted by Crippen LogP contribution is 2.41. The molecule has 4 amide bonds. The zero-order chi connectivity index (χ0) is 22.6. The Morgan fingerprint density at radius 2 is 1.88 bits per heavy atom. The van der Waals surface area contributed by atoms with Crippen molar-refractivity contribution in [1.29, 1.82) is 0 Å². The van der Waals surface area contributed by atoms with Gasteiger partial charge in [-0.15, -0.1) is 0 Å². The summed E-state index contributed by atoms with van der Waals surface area (Å²) < 4.78 is 0. The SMILES string of the molecule is CC(C)C1CN(C(=O)c2ccc3c(c2)CN(C2CCC(=O)NC2=O)C3=O)c2ccccc21. The Kier molecular flexibility index (Phi) is 4.84. The summed E-state index contributed by atoms with van der Waals surface area (Å²) in [6.45, 7) is 5.22. The van der Waals surface area contributed by atoms with Gasteiger partial charge in [-0.2, -0.15) is 0 Å². The number of rotatable bonds is 3. The second kappa shape index (κ2) is 7.58. The van der Waals surface area contributed by atoms with Gasteiger partial charge in [0.2, 0.25) is 11.8 Å². The molecule has 7 nitrogen and oxygen atoms in total. The molecule has 2 aromatic rings. The van der Waals surface area contributed by atoms with E-state index in [9.17, 15) is 19.2 Å². The summed E-state index contributed by atoms with van der Waals surface area (Å²) in [5, 5.41) is 2.31. The Morgan fingerprint density at radius 3 is 2.62 bits per heavy atom. The lowest BCUT2D eigenvalue weighted by Gasteiger charge is -2.29. The molecule has 0 spiro atoms. The van der Waals surface area contributed by atoms with Crippen molar-refractivity contribution in [3.63, 3.8) is 0 Å². The highest BCUT2D eigenvalue weighted by molar-refractivity contribution is 6.09. The number of carbonyl (C=O) groups excluding carboxylic acids is 4. The van der Waals surface area contributed by atoms with E-state index < -0.39 is 11.9 Å². The van der Waals surface area contributed by atoms with Gasteiger partial charge in [0.15, 0.2) is 0 Å². The first-order chi connectivity index (χ1) is 15.3. The van der Waals surface area contributed by atoms with Crippen LogP contribution in [0.5, 0.6) is 0 Å². The number of benzene rings is 2. The summed E-state index contributed by atoms with van der Waals surface area (Å²) in [6.07, 6.45) is 0.531. The lowest BCUT2D eigenvalue weighted by Crippen LogP contribution is -2.52. The molecular formula is C25H25N3O4. The van der Waals surface area contributed by atoms with E-state index in [0.29, 0.717) is 30.0 Å². The van der Waals surface area contributed by atoms with Crippen molar-refractivity contribution in [2.45, 2.75) is 45.2 Å². The van der Waals surface area contributed by atoms with Gasteiger partial charge in [0.1, 0.15) is 6.04 Å². The highest BCUT2D eigenvalue weighted by atomic mass is 16.2. The van der Waals surface area contributed by atoms with Gasteiger partial charge in [-0.05, 0) is 47.7 Å². The number of hydrogen-bond acceptors (Lipinski definition) is 4. The van der Waals surface area contributed by atoms with Crippen LogP contribution in [-0.2, 0) is 16.1 Å². The zero-order valence-electron chi connectivity index (χ0n) is 18.1. The van der Waals surface area contributed by atoms with Gasteiger partial charge in [0.05, 0.1) is 0 Å². The number of hydrogen-bond donors (Lipinski definition) is 1. The summed E-state index contributed by atoms with van der Waals surface area (Å²) in [7, 11) is 0. The average molecular weight is 431 g/mol. The lowest BCUT2D eigenvalue weighted by atomic mass is 9.90. The van der Waals surface area contributed by atoms with Crippen LogP contribution in [0.15, 0.2) is 42.5 Å². The molecule has 3 heterocycles. The monoisotopic (exact) mass is 431 g/mol. The number of piperidine rings is 1. The van der Waals surface area contributed by atoms with Gasteiger partial charge in [0.25, 0.3) is 11.8 Å². The summed E-state index contributed by atoms with van der Waals surface area (Å²) in [4.78, 5) is 53.4. The van der Waals surface area contributed by atoms with Gasteiger partial charge < -0.3 is 9.80 Å². The summed E-state index contributed by atoms with van der Waals surface area (Å²) in [5.41, 5.74) is 3.90. The highest BCUT2D eigenvalue weighted by Gasteiger charge is 2.40. The predicted octanol–water partition coefficient (Wildman–Crippen LogP) is 2.85. The van der Waals surface area contributed by atoms with Crippen molar-refractivity contribution in [2.75, 3.05) is 11.4 Å². The van der Waals surface area contributed by atoms with Crippen molar-refractivity contribution in [3.8, 4) is 0 Å². The molecular weight excluding hydrogens is 406 g/mol. The van der Waals surface area contributed by atoms with E-state index in [1.807, 2.05) is 23.1 Å². The van der Waals surface area contributed by atoms with Crippen LogP contribution in [-0.4, -0.2) is 41.1 Å². The lowest BCUT2D eigenvalue weighted by molar-refractivity contribution is -0.136. The third-order valence-electron chi connectivity index (χ3n) is 6.83. The van der Waals surface area contributed by atoms with E-state index in [4.69, 9.17) is 0 Å². The third kappa shape index (κ3) is 3.20. The molecule has 3 aliphatic heterocycles. The predicted molar refractivity (Wildman–Crippen MR) is 118 cm³/mol. The van der Waals surface area contributed by atoms with Crippen LogP contribution >= 0.6 is 0 Å². The van der Waals surface area contributed by atoms with Crippen LogP contribution in [0, 0.1) is 5.92 Å². The number of nitrogens with one attached hydrogen (secondary N) is 1. The van der Waals surface area contributed by atoms with Gasteiger partial charge in [-0.1, -0.05) is 32.0 Å². The molecule has 5 rings (SSSR count). The number of carbonyl (C=O) groups is 4. The first kappa shape index (κ1) is 20.4. The van der Waals surface area contributed by atoms with Crippen LogP contribution in [0.3, 0.4) is 0 Å². The summed E-state index contributed by atoms with van der Waals surface area (Å²) >= 11 is 0. The van der Waals surface area contributed by atoms with Crippen LogP contribution in [0.1, 0.15) is 64.4 Å². The number of fused-ring (bicyclic) bond motifs is 2. The Balaban J connectivity index is 1.41. The summed E-state index contributed by atoms with van der Waals surface area (Å²) in [6, 6.07) is 12.5. The Labute approximate surface area is 186 Å². The number of para-hydroxylation sites is 1. The first-order valence-electron chi connectivity index (χ1n) is 11.0. The molecule has 0 bridgehead atoms. The fraction of sp³-hybridized carbons (Fsp3) is 0.360. The van der Waals surface area contributed by atoms with Crippen LogP contribution in [0.25, 0.3) is 0 Å². The standard InChI is InChI=1S/C25H25N3O4/c1-14(2)19-13-28(20-6-4-3-5-18(19)20)24(31)15-7-8-17-16(11-15)12-27(25(17)32)21-9-10-22(29)26-23(21)30/h3-8,11,14,19,21H,9-10,12-13H2,1-2H3,(H,26,29,30). The second-order valence-electron chi connectivity index (χ2n) is 9.10. The molecule has 2 aromatic carbocycles. The van der Waals surface area contributed by atoms with Crippen molar-refractivity contribution in [2.24, 2.45) is 5.92 Å². The van der Waals surface area contributed by atoms with E-state index >= 15 is 0 Å². The van der Waals surface area contributed by atoms with Gasteiger partial charge >= 0.3 is 0 Å². The summed E-state index contributed by atoms with van der Waals surface area (Å²) in [5.74, 6) is -0.376. The smallest absolute Gasteiger partial charge is 0.258 e. The molecule has 0 aliphatic carbocycles. The molecule has 1 fully saturated rings. The molecule has 32 heavy (non-hydrogen) atoms. The molecule has 2 atom stereocenters. The van der Waals surface area contributed by atoms with Gasteiger partial charge in [-0.3, -0.25) is 24.5 Å². The maximum atomic E-state index is 13.5. The largest absolute Gasteiger partial charge is 0.322 e. The van der Waals surface area contributed by atoms with Crippen molar-refractivity contribution in [3.05, 3.63) is 64.7 Å². The number of nitrogens with zero attached hydrogens (tertiary/aromatic N) is 2. The van der Waals surface area contributed by atoms with E-state index in [1.54, 1.807) is 18.2 Å². The Bertz CT molecular complexity index is 1160. The van der Waals surface area contributed by atoms with Crippen LogP contribution in [0.2, 0.25) is 0 Å². The zero-order valence-corrected chi connectivity index (χ0v) is 18.1. The molecule has 2 unspecified atom stereocenters. The van der Waals surface area contributed by atoms with Gasteiger partial charge in [-0.25, -0.2) is 0 Å². The minimum atomic E-state index is -0.663. The molecule has 164 valence electrons. The normalized spacial score (nSPS) is 22.3. The van der Waals surface area contributed by atoms with Crippen LogP contribution in [0.4, 0.5) is 5.69 Å². The fourth-order valence-corrected chi connectivity index (χ4v) is 5.07. The topological polar surface area (TPSA) is 86.8 Å². The average Bonchev–Trinajstić information content (AvgIpc) is 3.31. The molecule has 1 N–H and O–H groups in total. The van der Waals surface area contributed by atoms with Gasteiger partial charge in [0, 0.05) is 42.2 Å². The van der Waals surface area contributed by atoms with E-state index in [0.717, 1.165) is 11.3 Å². The maximum Gasteiger partial charge on any atom is 0.258 e. The van der Waals surface area contributed by atoms with E-state index in [1.165, 1.54) is 10.5 Å². The quantitative estimate of drug-likeness (QED) is 0.757. The number of imide groups is 1. The van der Waals surface area contributed by atoms with Crippen molar-refractivity contribution in [1.82, 2.24) is 10.2 Å². The molecule has 0 aromatic heterocycles. The molecule has 1 saturated heterocycles. The molecule has 7 heteroatoms. The third-order valence-corrected chi connectivity index (χ3v) is 6.83. The minimum absolute atomic E-state index is 0.0877. The minimum Gasteiger partial charge on any atom is -0.322 e. The van der Waals surface area contributed by atoms with Crippen molar-refractivity contribution >= 4 is 29.3 Å². The molecule has 0 radical (unpaired) electrons. The van der Waals surface area contributed by atoms with Crippen LogP contribution < -0.4 is 10.2 Å². The Hall–Kier alpha value is -3.48. The molecule has 3 aliphatic rings. The van der Waals surface area contributed by atoms with E-state index in [-0.39, 0.29) is 36.6 Å². The number of amides is 4. The number of anilines is 1. The van der Waals surface area contributed by atoms with E-state index in [2.05, 4.69) is 25.2 Å². The Morgan fingerprint density at radius 1 is 1.09 bits per heavy atom. The van der Waals surface area contributed by atoms with Crippen molar-refractivity contribution < 1.29 is 19.2 Å². The fourth-order valence-electron chi connectivity index (χ4n) is 5.07. The second-order valence-corrected chi connectivity index (χ2v) is 9.10. The maximum absolute atomic E-state index is 13.5. The first-order valence-corrected chi connectivity index (χ1v) is 11.0.